The van der Waals surface area contributed by atoms with E-state index in [2.05, 4.69) is 9.88 Å². The Morgan fingerprint density at radius 1 is 1.33 bits per heavy atom. The predicted octanol–water partition coefficient (Wildman–Crippen LogP) is 1.78. The van der Waals surface area contributed by atoms with E-state index in [-0.39, 0.29) is 10.8 Å². The van der Waals surface area contributed by atoms with Crippen LogP contribution in [-0.4, -0.2) is 13.7 Å². The van der Waals surface area contributed by atoms with Gasteiger partial charge in [-0.25, -0.2) is 18.4 Å². The SMILES string of the molecule is NS(=O)(=O)C(=O)Oc1ccc(Cl)cc1Cl. The van der Waals surface area contributed by atoms with Gasteiger partial charge in [-0.1, -0.05) is 23.2 Å². The minimum Gasteiger partial charge on any atom is -0.412 e. The van der Waals surface area contributed by atoms with Crippen LogP contribution in [0.3, 0.4) is 0 Å². The quantitative estimate of drug-likeness (QED) is 0.788. The maximum absolute atomic E-state index is 10.8. The lowest BCUT2D eigenvalue weighted by Crippen LogP contribution is -2.26. The number of carbonyl (C=O) groups excluding carboxylic acids is 1. The van der Waals surface area contributed by atoms with Crippen molar-refractivity contribution in [3.8, 4) is 5.75 Å². The molecular formula is C7H5Cl2NO4S. The highest BCUT2D eigenvalue weighted by atomic mass is 35.5. The van der Waals surface area contributed by atoms with Gasteiger partial charge in [0, 0.05) is 5.02 Å². The van der Waals surface area contributed by atoms with E-state index in [9.17, 15) is 13.2 Å². The van der Waals surface area contributed by atoms with Crippen molar-refractivity contribution in [2.75, 3.05) is 0 Å². The number of primary sulfonamides is 1. The van der Waals surface area contributed by atoms with Gasteiger partial charge in [-0.15, -0.1) is 0 Å². The second kappa shape index (κ2) is 4.36. The summed E-state index contributed by atoms with van der Waals surface area (Å²) in [7, 11) is -4.38. The van der Waals surface area contributed by atoms with Gasteiger partial charge in [0.15, 0.2) is 5.75 Å². The third-order valence-corrected chi connectivity index (χ3v) is 2.40. The first-order valence-electron chi connectivity index (χ1n) is 3.50. The fourth-order valence-electron chi connectivity index (χ4n) is 0.706. The first-order valence-corrected chi connectivity index (χ1v) is 5.80. The lowest BCUT2D eigenvalue weighted by Gasteiger charge is -2.04. The maximum Gasteiger partial charge on any atom is 0.444 e. The summed E-state index contributed by atoms with van der Waals surface area (Å²) in [6.45, 7) is 0. The Hall–Kier alpha value is -0.820. The van der Waals surface area contributed by atoms with E-state index in [0.717, 1.165) is 0 Å². The van der Waals surface area contributed by atoms with E-state index in [0.29, 0.717) is 5.02 Å². The number of benzene rings is 1. The fourth-order valence-corrected chi connectivity index (χ4v) is 1.36. The molecule has 15 heavy (non-hydrogen) atoms. The lowest BCUT2D eigenvalue weighted by atomic mass is 10.3. The normalized spacial score (nSPS) is 11.1. The van der Waals surface area contributed by atoms with Crippen molar-refractivity contribution < 1.29 is 17.9 Å². The molecule has 0 fully saturated rings. The molecule has 0 spiro atoms. The fraction of sp³-hybridized carbons (Fsp3) is 0. The highest BCUT2D eigenvalue weighted by Gasteiger charge is 2.20. The number of sulfonamides is 1. The monoisotopic (exact) mass is 269 g/mol. The number of halogens is 2. The Kier molecular flexibility index (Phi) is 3.56. The zero-order chi connectivity index (χ0) is 11.6. The molecule has 0 unspecified atom stereocenters. The molecule has 0 saturated carbocycles. The third-order valence-electron chi connectivity index (χ3n) is 1.32. The molecule has 1 aromatic carbocycles. The van der Waals surface area contributed by atoms with E-state index >= 15 is 0 Å². The molecule has 2 N–H and O–H groups in total. The second-order valence-electron chi connectivity index (χ2n) is 2.47. The number of carbonyl (C=O) groups is 1. The van der Waals surface area contributed by atoms with Crippen LogP contribution < -0.4 is 9.88 Å². The summed E-state index contributed by atoms with van der Waals surface area (Å²) in [5, 5.41) is 3.30. The van der Waals surface area contributed by atoms with Crippen molar-refractivity contribution in [1.82, 2.24) is 0 Å². The molecule has 0 heterocycles. The molecular weight excluding hydrogens is 265 g/mol. The van der Waals surface area contributed by atoms with Gasteiger partial charge in [-0.05, 0) is 18.2 Å². The van der Waals surface area contributed by atoms with Crippen molar-refractivity contribution in [2.45, 2.75) is 0 Å². The van der Waals surface area contributed by atoms with Gasteiger partial charge in [-0.2, -0.15) is 0 Å². The van der Waals surface area contributed by atoms with Gasteiger partial charge >= 0.3 is 15.3 Å². The van der Waals surface area contributed by atoms with E-state index in [1.54, 1.807) is 0 Å². The molecule has 0 aromatic heterocycles. The third kappa shape index (κ3) is 3.35. The highest BCUT2D eigenvalue weighted by molar-refractivity contribution is 8.03. The van der Waals surface area contributed by atoms with Crippen LogP contribution in [0.1, 0.15) is 0 Å². The van der Waals surface area contributed by atoms with Crippen LogP contribution in [0.25, 0.3) is 0 Å². The number of hydrogen-bond acceptors (Lipinski definition) is 4. The molecule has 0 radical (unpaired) electrons. The first kappa shape index (κ1) is 12.3. The average Bonchev–Trinajstić information content (AvgIpc) is 2.08. The Morgan fingerprint density at radius 3 is 2.40 bits per heavy atom. The summed E-state index contributed by atoms with van der Waals surface area (Å²) in [5.41, 5.74) is 0. The van der Waals surface area contributed by atoms with E-state index in [4.69, 9.17) is 23.2 Å². The number of nitrogens with two attached hydrogens (primary N) is 1. The zero-order valence-corrected chi connectivity index (χ0v) is 9.43. The van der Waals surface area contributed by atoms with E-state index in [1.807, 2.05) is 0 Å². The van der Waals surface area contributed by atoms with Crippen LogP contribution in [0.2, 0.25) is 10.0 Å². The van der Waals surface area contributed by atoms with Crippen molar-refractivity contribution >= 4 is 38.5 Å². The topological polar surface area (TPSA) is 86.5 Å². The highest BCUT2D eigenvalue weighted by Crippen LogP contribution is 2.27. The summed E-state index contributed by atoms with van der Waals surface area (Å²) < 4.78 is 25.5. The summed E-state index contributed by atoms with van der Waals surface area (Å²) >= 11 is 11.2. The Balaban J connectivity index is 2.96. The molecule has 5 nitrogen and oxygen atoms in total. The average molecular weight is 270 g/mol. The lowest BCUT2D eigenvalue weighted by molar-refractivity contribution is 0.224. The molecule has 0 aliphatic heterocycles. The van der Waals surface area contributed by atoms with Crippen molar-refractivity contribution in [1.29, 1.82) is 0 Å². The van der Waals surface area contributed by atoms with Gasteiger partial charge in [0.25, 0.3) is 0 Å². The molecule has 1 aromatic rings. The van der Waals surface area contributed by atoms with Crippen LogP contribution in [-0.2, 0) is 10.0 Å². The van der Waals surface area contributed by atoms with Crippen LogP contribution in [0.4, 0.5) is 4.79 Å². The molecule has 0 aliphatic rings. The standard InChI is InChI=1S/C7H5Cl2NO4S/c8-4-1-2-6(5(9)3-4)14-7(11)15(10,12)13/h1-3H,(H2,10,12,13). The number of ether oxygens (including phenoxy) is 1. The second-order valence-corrected chi connectivity index (χ2v) is 4.74. The molecule has 1 rings (SSSR count). The maximum atomic E-state index is 10.8. The van der Waals surface area contributed by atoms with E-state index < -0.39 is 15.3 Å². The summed E-state index contributed by atoms with van der Waals surface area (Å²) in [5.74, 6) is -0.125. The smallest absolute Gasteiger partial charge is 0.412 e. The van der Waals surface area contributed by atoms with Crippen LogP contribution >= 0.6 is 23.2 Å². The largest absolute Gasteiger partial charge is 0.444 e. The zero-order valence-electron chi connectivity index (χ0n) is 7.11. The van der Waals surface area contributed by atoms with Crippen LogP contribution in [0.5, 0.6) is 5.75 Å². The van der Waals surface area contributed by atoms with Crippen molar-refractivity contribution in [2.24, 2.45) is 5.14 Å². The Labute approximate surface area is 95.8 Å². The molecule has 0 bridgehead atoms. The minimum absolute atomic E-state index is 0.0134. The molecule has 0 aliphatic carbocycles. The summed E-state index contributed by atoms with van der Waals surface area (Å²) in [4.78, 5) is 10.8. The van der Waals surface area contributed by atoms with Gasteiger partial charge in [0.2, 0.25) is 0 Å². The molecule has 82 valence electrons. The number of rotatable bonds is 1. The molecule has 0 amide bonds. The van der Waals surface area contributed by atoms with E-state index in [1.165, 1.54) is 18.2 Å². The Morgan fingerprint density at radius 2 is 1.93 bits per heavy atom. The Bertz CT molecular complexity index is 500. The molecule has 0 saturated heterocycles. The predicted molar refractivity (Wildman–Crippen MR) is 55.6 cm³/mol. The summed E-state index contributed by atoms with van der Waals surface area (Å²) in [6.07, 6.45) is 0. The first-order chi connectivity index (χ1) is 6.80. The van der Waals surface area contributed by atoms with Crippen molar-refractivity contribution in [3.63, 3.8) is 0 Å². The molecule has 8 heteroatoms. The summed E-state index contributed by atoms with van der Waals surface area (Å²) in [6, 6.07) is 3.95. The number of hydrogen-bond donors (Lipinski definition) is 1. The van der Waals surface area contributed by atoms with Gasteiger partial charge in [0.1, 0.15) is 0 Å². The van der Waals surface area contributed by atoms with Gasteiger partial charge < -0.3 is 4.74 Å². The minimum atomic E-state index is -4.38. The van der Waals surface area contributed by atoms with Crippen molar-refractivity contribution in [3.05, 3.63) is 28.2 Å². The van der Waals surface area contributed by atoms with Crippen LogP contribution in [0.15, 0.2) is 18.2 Å². The molecule has 0 atom stereocenters. The van der Waals surface area contributed by atoms with Gasteiger partial charge in [0.05, 0.1) is 5.02 Å². The van der Waals surface area contributed by atoms with Crippen LogP contribution in [0, 0.1) is 0 Å². The van der Waals surface area contributed by atoms with Gasteiger partial charge in [-0.3, -0.25) is 0 Å².